The maximum Gasteiger partial charge on any atom is 0.234 e. The molecule has 2 N–H and O–H groups in total. The van der Waals surface area contributed by atoms with Crippen LogP contribution in [-0.4, -0.2) is 42.2 Å². The molecule has 4 nitrogen and oxygen atoms in total. The van der Waals surface area contributed by atoms with Crippen molar-refractivity contribution in [2.45, 2.75) is 32.7 Å². The highest BCUT2D eigenvalue weighted by Crippen LogP contribution is 2.21. The monoisotopic (exact) mass is 304 g/mol. The van der Waals surface area contributed by atoms with Gasteiger partial charge in [-0.1, -0.05) is 44.2 Å². The third kappa shape index (κ3) is 4.82. The van der Waals surface area contributed by atoms with Gasteiger partial charge in [-0.05, 0) is 36.8 Å². The van der Waals surface area contributed by atoms with Gasteiger partial charge >= 0.3 is 0 Å². The van der Waals surface area contributed by atoms with Gasteiger partial charge in [-0.2, -0.15) is 0 Å². The molecule has 0 spiro atoms. The smallest absolute Gasteiger partial charge is 0.234 e. The van der Waals surface area contributed by atoms with E-state index in [9.17, 15) is 9.90 Å². The molecule has 1 fully saturated rings. The first kappa shape index (κ1) is 17.0. The maximum atomic E-state index is 12.4. The van der Waals surface area contributed by atoms with Crippen LogP contribution < -0.4 is 5.32 Å². The minimum absolute atomic E-state index is 0.0483. The van der Waals surface area contributed by atoms with E-state index in [4.69, 9.17) is 0 Å². The molecule has 4 heteroatoms. The van der Waals surface area contributed by atoms with Gasteiger partial charge in [0.25, 0.3) is 0 Å². The van der Waals surface area contributed by atoms with Crippen molar-refractivity contribution in [2.24, 2.45) is 11.8 Å². The first-order chi connectivity index (χ1) is 10.6. The zero-order valence-electron chi connectivity index (χ0n) is 13.7. The Morgan fingerprint density at radius 1 is 1.36 bits per heavy atom. The second-order valence-corrected chi connectivity index (χ2v) is 6.63. The third-order valence-electron chi connectivity index (χ3n) is 4.37. The number of piperidine rings is 1. The van der Waals surface area contributed by atoms with Gasteiger partial charge in [-0.15, -0.1) is 0 Å². The minimum atomic E-state index is 0.0483. The molecular weight excluding hydrogens is 276 g/mol. The Hall–Kier alpha value is -1.39. The van der Waals surface area contributed by atoms with Crippen LogP contribution in [0.4, 0.5) is 0 Å². The van der Waals surface area contributed by atoms with E-state index in [-0.39, 0.29) is 18.6 Å². The lowest BCUT2D eigenvalue weighted by Crippen LogP contribution is -2.44. The van der Waals surface area contributed by atoms with Gasteiger partial charge in [0.2, 0.25) is 5.91 Å². The van der Waals surface area contributed by atoms with Gasteiger partial charge in [0.1, 0.15) is 0 Å². The molecule has 1 aliphatic rings. The van der Waals surface area contributed by atoms with Crippen molar-refractivity contribution in [3.63, 3.8) is 0 Å². The van der Waals surface area contributed by atoms with Gasteiger partial charge in [0.15, 0.2) is 0 Å². The Balaban J connectivity index is 1.91. The van der Waals surface area contributed by atoms with Gasteiger partial charge in [-0.25, -0.2) is 0 Å². The molecule has 0 aromatic heterocycles. The first-order valence-corrected chi connectivity index (χ1v) is 8.27. The Bertz CT molecular complexity index is 461. The predicted molar refractivity (Wildman–Crippen MR) is 88.4 cm³/mol. The molecule has 0 bridgehead atoms. The second kappa shape index (κ2) is 8.30. The molecule has 1 aliphatic heterocycles. The molecule has 0 saturated carbocycles. The summed E-state index contributed by atoms with van der Waals surface area (Å²) >= 11 is 0. The van der Waals surface area contributed by atoms with Gasteiger partial charge in [0.05, 0.1) is 12.6 Å². The number of hydrogen-bond donors (Lipinski definition) is 2. The fourth-order valence-electron chi connectivity index (χ4n) is 3.16. The third-order valence-corrected chi connectivity index (χ3v) is 4.37. The molecular formula is C18H28N2O2. The van der Waals surface area contributed by atoms with Crippen molar-refractivity contribution in [1.29, 1.82) is 0 Å². The SMILES string of the molecule is CC(C)C(NC(=O)CN1CCCC(CO)C1)c1ccccc1. The number of nitrogens with one attached hydrogen (secondary N) is 1. The van der Waals surface area contributed by atoms with Crippen molar-refractivity contribution in [3.05, 3.63) is 35.9 Å². The Labute approximate surface area is 133 Å². The van der Waals surface area contributed by atoms with Gasteiger partial charge in [-0.3, -0.25) is 9.69 Å². The number of carbonyl (C=O) groups excluding carboxylic acids is 1. The molecule has 22 heavy (non-hydrogen) atoms. The number of nitrogens with zero attached hydrogens (tertiary/aromatic N) is 1. The fraction of sp³-hybridized carbons (Fsp3) is 0.611. The average Bonchev–Trinajstić information content (AvgIpc) is 2.53. The standard InChI is InChI=1S/C18H28N2O2/c1-14(2)18(16-8-4-3-5-9-16)19-17(22)12-20-10-6-7-15(11-20)13-21/h3-5,8-9,14-15,18,21H,6-7,10-13H2,1-2H3,(H,19,22). The normalized spacial score (nSPS) is 20.8. The van der Waals surface area contributed by atoms with Crippen LogP contribution in [0.5, 0.6) is 0 Å². The van der Waals surface area contributed by atoms with Crippen LogP contribution in [0.3, 0.4) is 0 Å². The van der Waals surface area contributed by atoms with Crippen LogP contribution in [0.1, 0.15) is 38.3 Å². The predicted octanol–water partition coefficient (Wildman–Crippen LogP) is 2.20. The molecule has 1 aromatic rings. The highest BCUT2D eigenvalue weighted by atomic mass is 16.3. The van der Waals surface area contributed by atoms with Crippen LogP contribution in [0, 0.1) is 11.8 Å². The summed E-state index contributed by atoms with van der Waals surface area (Å²) in [6.45, 7) is 6.66. The van der Waals surface area contributed by atoms with E-state index >= 15 is 0 Å². The molecule has 2 rings (SSSR count). The van der Waals surface area contributed by atoms with Crippen LogP contribution >= 0.6 is 0 Å². The summed E-state index contributed by atoms with van der Waals surface area (Å²) in [5, 5.41) is 12.5. The number of rotatable bonds is 6. The summed E-state index contributed by atoms with van der Waals surface area (Å²) in [4.78, 5) is 14.5. The zero-order valence-corrected chi connectivity index (χ0v) is 13.7. The van der Waals surface area contributed by atoms with Crippen LogP contribution in [0.25, 0.3) is 0 Å². The average molecular weight is 304 g/mol. The van der Waals surface area contributed by atoms with E-state index in [0.29, 0.717) is 18.4 Å². The quantitative estimate of drug-likeness (QED) is 0.847. The van der Waals surface area contributed by atoms with E-state index in [0.717, 1.165) is 31.5 Å². The van der Waals surface area contributed by atoms with Crippen LogP contribution in [0.2, 0.25) is 0 Å². The van der Waals surface area contributed by atoms with Crippen LogP contribution in [-0.2, 0) is 4.79 Å². The molecule has 122 valence electrons. The summed E-state index contributed by atoms with van der Waals surface area (Å²) < 4.78 is 0. The summed E-state index contributed by atoms with van der Waals surface area (Å²) in [5.41, 5.74) is 1.15. The van der Waals surface area contributed by atoms with E-state index in [1.807, 2.05) is 18.2 Å². The lowest BCUT2D eigenvalue weighted by atomic mass is 9.96. The zero-order chi connectivity index (χ0) is 15.9. The van der Waals surface area contributed by atoms with Crippen molar-refractivity contribution >= 4 is 5.91 Å². The van der Waals surface area contributed by atoms with E-state index in [1.165, 1.54) is 0 Å². The molecule has 1 saturated heterocycles. The van der Waals surface area contributed by atoms with E-state index < -0.39 is 0 Å². The number of aliphatic hydroxyl groups excluding tert-OH is 1. The molecule has 0 radical (unpaired) electrons. The number of likely N-dealkylation sites (tertiary alicyclic amines) is 1. The summed E-state index contributed by atoms with van der Waals surface area (Å²) in [5.74, 6) is 0.732. The number of amides is 1. The maximum absolute atomic E-state index is 12.4. The van der Waals surface area contributed by atoms with Crippen molar-refractivity contribution in [3.8, 4) is 0 Å². The minimum Gasteiger partial charge on any atom is -0.396 e. The Morgan fingerprint density at radius 3 is 2.73 bits per heavy atom. The number of benzene rings is 1. The highest BCUT2D eigenvalue weighted by molar-refractivity contribution is 5.78. The fourth-order valence-corrected chi connectivity index (χ4v) is 3.16. The van der Waals surface area contributed by atoms with Crippen molar-refractivity contribution in [2.75, 3.05) is 26.2 Å². The lowest BCUT2D eigenvalue weighted by molar-refractivity contribution is -0.123. The molecule has 1 amide bonds. The van der Waals surface area contributed by atoms with Crippen LogP contribution in [0.15, 0.2) is 30.3 Å². The largest absolute Gasteiger partial charge is 0.396 e. The number of aliphatic hydroxyl groups is 1. The van der Waals surface area contributed by atoms with E-state index in [2.05, 4.69) is 36.2 Å². The first-order valence-electron chi connectivity index (χ1n) is 8.27. The van der Waals surface area contributed by atoms with E-state index in [1.54, 1.807) is 0 Å². The molecule has 0 aliphatic carbocycles. The summed E-state index contributed by atoms with van der Waals surface area (Å²) in [7, 11) is 0. The molecule has 2 atom stereocenters. The lowest BCUT2D eigenvalue weighted by Gasteiger charge is -2.32. The Kier molecular flexibility index (Phi) is 6.40. The second-order valence-electron chi connectivity index (χ2n) is 6.63. The molecule has 2 unspecified atom stereocenters. The number of carbonyl (C=O) groups is 1. The molecule has 1 aromatic carbocycles. The molecule has 1 heterocycles. The topological polar surface area (TPSA) is 52.6 Å². The van der Waals surface area contributed by atoms with Crippen molar-refractivity contribution in [1.82, 2.24) is 10.2 Å². The highest BCUT2D eigenvalue weighted by Gasteiger charge is 2.23. The summed E-state index contributed by atoms with van der Waals surface area (Å²) in [6.07, 6.45) is 2.12. The van der Waals surface area contributed by atoms with Gasteiger partial charge in [0, 0.05) is 13.2 Å². The van der Waals surface area contributed by atoms with Crippen molar-refractivity contribution < 1.29 is 9.90 Å². The van der Waals surface area contributed by atoms with Gasteiger partial charge < -0.3 is 10.4 Å². The number of hydrogen-bond acceptors (Lipinski definition) is 3. The Morgan fingerprint density at radius 2 is 2.09 bits per heavy atom. The summed E-state index contributed by atoms with van der Waals surface area (Å²) in [6, 6.07) is 10.2.